The van der Waals surface area contributed by atoms with E-state index in [0.29, 0.717) is 0 Å². The van der Waals surface area contributed by atoms with Crippen molar-refractivity contribution in [3.8, 4) is 11.8 Å². The average molecular weight is 366 g/mol. The first kappa shape index (κ1) is 17.8. The fourth-order valence-corrected chi connectivity index (χ4v) is 3.34. The second kappa shape index (κ2) is 6.86. The monoisotopic (exact) mass is 366 g/mol. The molecule has 0 bridgehead atoms. The van der Waals surface area contributed by atoms with E-state index in [1.165, 1.54) is 0 Å². The summed E-state index contributed by atoms with van der Waals surface area (Å²) in [4.78, 5) is 11.3. The van der Waals surface area contributed by atoms with Gasteiger partial charge in [-0.3, -0.25) is 4.98 Å². The molecule has 0 fully saturated rings. The Morgan fingerprint density at radius 1 is 0.929 bits per heavy atom. The van der Waals surface area contributed by atoms with Gasteiger partial charge in [-0.05, 0) is 67.3 Å². The summed E-state index contributed by atoms with van der Waals surface area (Å²) in [5.74, 6) is 6.42. The van der Waals surface area contributed by atoms with E-state index in [0.717, 1.165) is 55.6 Å². The number of hydrogen-bond donors (Lipinski definition) is 1. The van der Waals surface area contributed by atoms with Crippen LogP contribution in [0.3, 0.4) is 0 Å². The van der Waals surface area contributed by atoms with Crippen LogP contribution < -0.4 is 10.6 Å². The molecule has 0 aliphatic carbocycles. The zero-order valence-corrected chi connectivity index (χ0v) is 16.5. The first-order valence-corrected chi connectivity index (χ1v) is 9.18. The smallest absolute Gasteiger partial charge is 0.114 e. The molecular weight excluding hydrogens is 344 g/mol. The minimum atomic E-state index is 0.718. The quantitative estimate of drug-likeness (QED) is 0.307. The lowest BCUT2D eigenvalue weighted by molar-refractivity contribution is 1.13. The highest BCUT2D eigenvalue weighted by Gasteiger charge is 2.08. The Bertz CT molecular complexity index is 1280. The summed E-state index contributed by atoms with van der Waals surface area (Å²) in [6.45, 7) is 4.11. The molecule has 0 spiro atoms. The fourth-order valence-electron chi connectivity index (χ4n) is 3.34. The van der Waals surface area contributed by atoms with Crippen LogP contribution >= 0.6 is 0 Å². The second-order valence-electron chi connectivity index (χ2n) is 7.23. The van der Waals surface area contributed by atoms with Crippen molar-refractivity contribution in [1.29, 1.82) is 0 Å². The maximum Gasteiger partial charge on any atom is 0.114 e. The highest BCUT2D eigenvalue weighted by atomic mass is 15.1. The van der Waals surface area contributed by atoms with Crippen molar-refractivity contribution in [1.82, 2.24) is 9.97 Å². The van der Waals surface area contributed by atoms with Crippen molar-refractivity contribution in [2.75, 3.05) is 24.7 Å². The molecule has 4 aromatic rings. The molecule has 0 aliphatic rings. The van der Waals surface area contributed by atoms with E-state index in [9.17, 15) is 0 Å². The number of fused-ring (bicyclic) bond motifs is 3. The minimum Gasteiger partial charge on any atom is -0.398 e. The van der Waals surface area contributed by atoms with Crippen molar-refractivity contribution in [2.45, 2.75) is 13.8 Å². The lowest BCUT2D eigenvalue weighted by Gasteiger charge is -2.13. The molecule has 28 heavy (non-hydrogen) atoms. The molecule has 0 unspecified atom stereocenters. The first-order chi connectivity index (χ1) is 13.4. The number of aromatic nitrogens is 2. The third kappa shape index (κ3) is 3.12. The topological polar surface area (TPSA) is 55.0 Å². The van der Waals surface area contributed by atoms with Crippen molar-refractivity contribution in [3.05, 3.63) is 71.0 Å². The summed E-state index contributed by atoms with van der Waals surface area (Å²) >= 11 is 0. The number of rotatable bonds is 1. The van der Waals surface area contributed by atoms with Crippen LogP contribution in [0.1, 0.15) is 22.4 Å². The van der Waals surface area contributed by atoms with Crippen LogP contribution in [0.4, 0.5) is 11.4 Å². The predicted octanol–water partition coefficient (Wildman–Crippen LogP) is 4.45. The third-order valence-electron chi connectivity index (χ3n) is 4.97. The molecule has 0 saturated carbocycles. The average Bonchev–Trinajstić information content (AvgIpc) is 2.69. The summed E-state index contributed by atoms with van der Waals surface area (Å²) in [5, 5.41) is 1.96. The highest BCUT2D eigenvalue weighted by Crippen LogP contribution is 2.29. The van der Waals surface area contributed by atoms with E-state index >= 15 is 0 Å². The van der Waals surface area contributed by atoms with Gasteiger partial charge in [-0.15, -0.1) is 0 Å². The van der Waals surface area contributed by atoms with Crippen LogP contribution in [0.2, 0.25) is 0 Å². The summed E-state index contributed by atoms with van der Waals surface area (Å²) < 4.78 is 0. The second-order valence-corrected chi connectivity index (χ2v) is 7.23. The molecular formula is C24H22N4. The number of nitrogens with zero attached hydrogens (tertiary/aromatic N) is 3. The summed E-state index contributed by atoms with van der Waals surface area (Å²) in [6.07, 6.45) is 1.80. The Hall–Kier alpha value is -3.58. The van der Waals surface area contributed by atoms with Crippen molar-refractivity contribution in [3.63, 3.8) is 0 Å². The molecule has 4 nitrogen and oxygen atoms in total. The summed E-state index contributed by atoms with van der Waals surface area (Å²) in [7, 11) is 4.07. The summed E-state index contributed by atoms with van der Waals surface area (Å²) in [6, 6.07) is 14.2. The van der Waals surface area contributed by atoms with E-state index in [1.54, 1.807) is 6.20 Å². The molecule has 0 atom stereocenters. The van der Waals surface area contributed by atoms with Gasteiger partial charge in [0.15, 0.2) is 0 Å². The van der Waals surface area contributed by atoms with Crippen LogP contribution in [0.5, 0.6) is 0 Å². The third-order valence-corrected chi connectivity index (χ3v) is 4.97. The van der Waals surface area contributed by atoms with Crippen molar-refractivity contribution < 1.29 is 0 Å². The van der Waals surface area contributed by atoms with Gasteiger partial charge in [0, 0.05) is 41.8 Å². The molecule has 138 valence electrons. The SMILES string of the molecule is Cc1cc(N(C)C)ccc1C#Cc1ccc2c(cnc3c(C)ccc(N)c32)n1. The fraction of sp³-hybridized carbons (Fsp3) is 0.167. The van der Waals surface area contributed by atoms with Gasteiger partial charge in [0.05, 0.1) is 17.2 Å². The zero-order chi connectivity index (χ0) is 19.8. The number of benzene rings is 2. The van der Waals surface area contributed by atoms with Gasteiger partial charge in [-0.25, -0.2) is 4.98 Å². The number of anilines is 2. The molecule has 2 N–H and O–H groups in total. The number of nitrogens with two attached hydrogens (primary N) is 1. The van der Waals surface area contributed by atoms with Crippen LogP contribution in [-0.2, 0) is 0 Å². The first-order valence-electron chi connectivity index (χ1n) is 9.18. The summed E-state index contributed by atoms with van der Waals surface area (Å²) in [5.41, 5.74) is 13.8. The van der Waals surface area contributed by atoms with Crippen LogP contribution in [-0.4, -0.2) is 24.1 Å². The normalized spacial score (nSPS) is 10.7. The molecule has 4 heteroatoms. The van der Waals surface area contributed by atoms with Crippen molar-refractivity contribution >= 4 is 33.2 Å². The van der Waals surface area contributed by atoms with Crippen LogP contribution in [0.25, 0.3) is 21.8 Å². The van der Waals surface area contributed by atoms with E-state index in [-0.39, 0.29) is 0 Å². The largest absolute Gasteiger partial charge is 0.398 e. The molecule has 4 rings (SSSR count). The Balaban J connectivity index is 1.77. The predicted molar refractivity (Wildman–Crippen MR) is 118 cm³/mol. The number of nitrogen functional groups attached to an aromatic ring is 1. The Kier molecular flexibility index (Phi) is 4.37. The minimum absolute atomic E-state index is 0.718. The molecule has 0 radical (unpaired) electrons. The highest BCUT2D eigenvalue weighted by molar-refractivity contribution is 6.11. The standard InChI is InChI=1S/C24H22N4/c1-15-5-12-21(25)23-20-11-9-18(27-22(20)14-26-24(15)23)8-6-17-7-10-19(28(3)4)13-16(17)2/h5,7,9-14H,25H2,1-4H3. The maximum absolute atomic E-state index is 6.21. The Morgan fingerprint density at radius 3 is 2.50 bits per heavy atom. The van der Waals surface area contributed by atoms with E-state index in [4.69, 9.17) is 5.73 Å². The zero-order valence-electron chi connectivity index (χ0n) is 16.5. The van der Waals surface area contributed by atoms with Crippen LogP contribution in [0.15, 0.2) is 48.7 Å². The van der Waals surface area contributed by atoms with E-state index in [1.807, 2.05) is 45.3 Å². The lowest BCUT2D eigenvalue weighted by atomic mass is 10.0. The van der Waals surface area contributed by atoms with Gasteiger partial charge >= 0.3 is 0 Å². The van der Waals surface area contributed by atoms with Gasteiger partial charge in [0.2, 0.25) is 0 Å². The van der Waals surface area contributed by atoms with Gasteiger partial charge in [0.1, 0.15) is 5.69 Å². The number of aryl methyl sites for hydroxylation is 2. The molecule has 0 amide bonds. The van der Waals surface area contributed by atoms with E-state index < -0.39 is 0 Å². The molecule has 2 aromatic heterocycles. The van der Waals surface area contributed by atoms with Gasteiger partial charge in [-0.1, -0.05) is 12.0 Å². The molecule has 0 aliphatic heterocycles. The number of pyridine rings is 2. The van der Waals surface area contributed by atoms with Crippen LogP contribution in [0, 0.1) is 25.7 Å². The molecule has 0 saturated heterocycles. The Morgan fingerprint density at radius 2 is 1.75 bits per heavy atom. The van der Waals surface area contributed by atoms with E-state index in [2.05, 4.69) is 51.8 Å². The van der Waals surface area contributed by atoms with Gasteiger partial charge in [-0.2, -0.15) is 0 Å². The molecule has 2 heterocycles. The lowest BCUT2D eigenvalue weighted by Crippen LogP contribution is -2.08. The maximum atomic E-state index is 6.21. The Labute approximate surface area is 165 Å². The van der Waals surface area contributed by atoms with Crippen molar-refractivity contribution in [2.24, 2.45) is 0 Å². The van der Waals surface area contributed by atoms with Gasteiger partial charge in [0.25, 0.3) is 0 Å². The van der Waals surface area contributed by atoms with Gasteiger partial charge < -0.3 is 10.6 Å². The number of hydrogen-bond acceptors (Lipinski definition) is 4. The molecule has 2 aromatic carbocycles.